The number of hydrogen-bond acceptors (Lipinski definition) is 5. The van der Waals surface area contributed by atoms with Crippen molar-refractivity contribution in [3.05, 3.63) is 65.3 Å². The summed E-state index contributed by atoms with van der Waals surface area (Å²) < 4.78 is 29.5. The summed E-state index contributed by atoms with van der Waals surface area (Å²) in [5.41, 5.74) is 6.92. The molecule has 2 heterocycles. The zero-order chi connectivity index (χ0) is 18.0. The van der Waals surface area contributed by atoms with Crippen molar-refractivity contribution in [3.63, 3.8) is 0 Å². The quantitative estimate of drug-likeness (QED) is 0.687. The van der Waals surface area contributed by atoms with Crippen LogP contribution < -0.4 is 10.5 Å². The molecule has 0 aliphatic heterocycles. The summed E-state index contributed by atoms with van der Waals surface area (Å²) in [4.78, 5) is 11.2. The van der Waals surface area contributed by atoms with Gasteiger partial charge in [0.1, 0.15) is 4.21 Å². The second kappa shape index (κ2) is 6.79. The SMILES string of the molecule is C[C@@H](NS(=O)(=O)c1cc(C(N)=O)cs1)c1ccccc1-n1cccn1. The van der Waals surface area contributed by atoms with Gasteiger partial charge in [-0.3, -0.25) is 4.79 Å². The van der Waals surface area contributed by atoms with E-state index in [-0.39, 0.29) is 9.77 Å². The van der Waals surface area contributed by atoms with E-state index in [0.717, 1.165) is 22.6 Å². The van der Waals surface area contributed by atoms with Crippen molar-refractivity contribution in [1.29, 1.82) is 0 Å². The maximum Gasteiger partial charge on any atom is 0.250 e. The Bertz CT molecular complexity index is 994. The molecule has 0 fully saturated rings. The van der Waals surface area contributed by atoms with E-state index in [0.29, 0.717) is 0 Å². The van der Waals surface area contributed by atoms with E-state index < -0.39 is 22.0 Å². The fourth-order valence-corrected chi connectivity index (χ4v) is 4.82. The number of thiophene rings is 1. The van der Waals surface area contributed by atoms with Crippen LogP contribution in [0.25, 0.3) is 5.69 Å². The minimum absolute atomic E-state index is 0.0460. The van der Waals surface area contributed by atoms with Gasteiger partial charge in [0.05, 0.1) is 11.3 Å². The van der Waals surface area contributed by atoms with Gasteiger partial charge in [0.15, 0.2) is 0 Å². The molecule has 3 rings (SSSR count). The summed E-state index contributed by atoms with van der Waals surface area (Å²) in [5.74, 6) is -0.658. The number of primary amides is 1. The summed E-state index contributed by atoms with van der Waals surface area (Å²) in [6.07, 6.45) is 3.45. The number of carbonyl (C=O) groups excluding carboxylic acids is 1. The number of aromatic nitrogens is 2. The van der Waals surface area contributed by atoms with E-state index in [1.54, 1.807) is 30.1 Å². The van der Waals surface area contributed by atoms with Gasteiger partial charge in [0, 0.05) is 23.8 Å². The lowest BCUT2D eigenvalue weighted by Crippen LogP contribution is -2.27. The van der Waals surface area contributed by atoms with Gasteiger partial charge in [0.2, 0.25) is 5.91 Å². The minimum Gasteiger partial charge on any atom is -0.366 e. The van der Waals surface area contributed by atoms with Crippen molar-refractivity contribution in [1.82, 2.24) is 14.5 Å². The standard InChI is InChI=1S/C16H16N4O3S2/c1-11(13-5-2-3-6-14(13)20-8-4-7-18-20)19-25(22,23)15-9-12(10-24-15)16(17)21/h2-11,19H,1H3,(H2,17,21)/t11-/m1/s1. The topological polar surface area (TPSA) is 107 Å². The van der Waals surface area contributed by atoms with Crippen molar-refractivity contribution in [2.45, 2.75) is 17.2 Å². The number of amides is 1. The molecule has 3 N–H and O–H groups in total. The Morgan fingerprint density at radius 2 is 2.08 bits per heavy atom. The number of para-hydroxylation sites is 1. The first-order valence-electron chi connectivity index (χ1n) is 7.38. The first-order valence-corrected chi connectivity index (χ1v) is 9.74. The fraction of sp³-hybridized carbons (Fsp3) is 0.125. The molecule has 25 heavy (non-hydrogen) atoms. The lowest BCUT2D eigenvalue weighted by Gasteiger charge is -2.17. The maximum atomic E-state index is 12.6. The summed E-state index contributed by atoms with van der Waals surface area (Å²) in [7, 11) is -3.77. The molecule has 9 heteroatoms. The van der Waals surface area contributed by atoms with E-state index in [1.165, 1.54) is 11.4 Å². The summed E-state index contributed by atoms with van der Waals surface area (Å²) in [6, 6.07) is 9.98. The third-order valence-electron chi connectivity index (χ3n) is 3.61. The lowest BCUT2D eigenvalue weighted by molar-refractivity contribution is 0.100. The zero-order valence-corrected chi connectivity index (χ0v) is 14.9. The molecule has 0 aliphatic carbocycles. The van der Waals surface area contributed by atoms with Gasteiger partial charge in [-0.05, 0) is 30.7 Å². The molecule has 0 radical (unpaired) electrons. The second-order valence-electron chi connectivity index (χ2n) is 5.37. The van der Waals surface area contributed by atoms with E-state index in [9.17, 15) is 13.2 Å². The Hall–Kier alpha value is -2.49. The molecule has 3 aromatic rings. The molecule has 0 aliphatic rings. The van der Waals surface area contributed by atoms with Crippen molar-refractivity contribution in [2.75, 3.05) is 0 Å². The number of nitrogens with zero attached hydrogens (tertiary/aromatic N) is 2. The molecule has 0 bridgehead atoms. The van der Waals surface area contributed by atoms with E-state index in [2.05, 4.69) is 9.82 Å². The third kappa shape index (κ3) is 3.63. The Kier molecular flexibility index (Phi) is 4.71. The monoisotopic (exact) mass is 376 g/mol. The van der Waals surface area contributed by atoms with E-state index in [4.69, 9.17) is 5.73 Å². The van der Waals surface area contributed by atoms with Crippen LogP contribution in [0.2, 0.25) is 0 Å². The largest absolute Gasteiger partial charge is 0.366 e. The first kappa shape index (κ1) is 17.3. The van der Waals surface area contributed by atoms with Gasteiger partial charge in [0.25, 0.3) is 10.0 Å². The molecule has 1 amide bonds. The minimum atomic E-state index is -3.77. The molecular formula is C16H16N4O3S2. The molecule has 2 aromatic heterocycles. The number of sulfonamides is 1. The highest BCUT2D eigenvalue weighted by molar-refractivity contribution is 7.91. The summed E-state index contributed by atoms with van der Waals surface area (Å²) in [5, 5.41) is 5.63. The molecule has 0 saturated carbocycles. The summed E-state index contributed by atoms with van der Waals surface area (Å²) >= 11 is 0.955. The second-order valence-corrected chi connectivity index (χ2v) is 8.22. The molecule has 0 unspecified atom stereocenters. The van der Waals surface area contributed by atoms with Gasteiger partial charge in [-0.25, -0.2) is 17.8 Å². The maximum absolute atomic E-state index is 12.6. The number of rotatable bonds is 6. The zero-order valence-electron chi connectivity index (χ0n) is 13.3. The molecular weight excluding hydrogens is 360 g/mol. The number of benzene rings is 1. The highest BCUT2D eigenvalue weighted by Gasteiger charge is 2.23. The van der Waals surface area contributed by atoms with Crippen LogP contribution in [0.15, 0.2) is 58.4 Å². The first-order chi connectivity index (χ1) is 11.9. The number of hydrogen-bond donors (Lipinski definition) is 2. The fourth-order valence-electron chi connectivity index (χ4n) is 2.41. The Balaban J connectivity index is 1.89. The Morgan fingerprint density at radius 3 is 2.72 bits per heavy atom. The molecule has 1 aromatic carbocycles. The normalized spacial score (nSPS) is 12.8. The van der Waals surface area contributed by atoms with Gasteiger partial charge in [-0.1, -0.05) is 18.2 Å². The molecule has 1 atom stereocenters. The van der Waals surface area contributed by atoms with E-state index in [1.807, 2.05) is 24.3 Å². The van der Waals surface area contributed by atoms with Crippen molar-refractivity contribution in [2.24, 2.45) is 5.73 Å². The smallest absolute Gasteiger partial charge is 0.250 e. The molecule has 0 saturated heterocycles. The number of nitrogens with one attached hydrogen (secondary N) is 1. The van der Waals surface area contributed by atoms with Crippen LogP contribution >= 0.6 is 11.3 Å². The number of nitrogens with two attached hydrogens (primary N) is 1. The highest BCUT2D eigenvalue weighted by Crippen LogP contribution is 2.25. The van der Waals surface area contributed by atoms with Gasteiger partial charge < -0.3 is 5.73 Å². The van der Waals surface area contributed by atoms with Gasteiger partial charge in [-0.15, -0.1) is 11.3 Å². The van der Waals surface area contributed by atoms with Crippen LogP contribution in [0.5, 0.6) is 0 Å². The van der Waals surface area contributed by atoms with Crippen LogP contribution in [0.1, 0.15) is 28.9 Å². The molecule has 130 valence electrons. The highest BCUT2D eigenvalue weighted by atomic mass is 32.2. The summed E-state index contributed by atoms with van der Waals surface area (Å²) in [6.45, 7) is 1.75. The van der Waals surface area contributed by atoms with Crippen molar-refractivity contribution in [3.8, 4) is 5.69 Å². The Labute approximate surface area is 149 Å². The van der Waals surface area contributed by atoms with Crippen molar-refractivity contribution >= 4 is 27.3 Å². The average Bonchev–Trinajstić information content (AvgIpc) is 3.26. The Morgan fingerprint density at radius 1 is 1.32 bits per heavy atom. The van der Waals surface area contributed by atoms with E-state index >= 15 is 0 Å². The van der Waals surface area contributed by atoms with Crippen LogP contribution in [-0.2, 0) is 10.0 Å². The van der Waals surface area contributed by atoms with Crippen LogP contribution in [0.3, 0.4) is 0 Å². The predicted octanol–water partition coefficient (Wildman–Crippen LogP) is 2.07. The van der Waals surface area contributed by atoms with Crippen LogP contribution in [0.4, 0.5) is 0 Å². The van der Waals surface area contributed by atoms with Gasteiger partial charge in [-0.2, -0.15) is 5.10 Å². The molecule has 7 nitrogen and oxygen atoms in total. The molecule has 0 spiro atoms. The predicted molar refractivity (Wildman–Crippen MR) is 95.1 cm³/mol. The number of carbonyl (C=O) groups is 1. The van der Waals surface area contributed by atoms with Crippen molar-refractivity contribution < 1.29 is 13.2 Å². The lowest BCUT2D eigenvalue weighted by atomic mass is 10.1. The van der Waals surface area contributed by atoms with Gasteiger partial charge >= 0.3 is 0 Å². The van der Waals surface area contributed by atoms with Crippen LogP contribution in [0, 0.1) is 0 Å². The average molecular weight is 376 g/mol. The van der Waals surface area contributed by atoms with Crippen LogP contribution in [-0.4, -0.2) is 24.1 Å². The third-order valence-corrected chi connectivity index (χ3v) is 6.59.